The minimum absolute atomic E-state index is 0.969. The largest absolute Gasteiger partial charge is 0.294 e. The molecule has 0 aromatic heterocycles. The second-order valence-electron chi connectivity index (χ2n) is 8.54. The third kappa shape index (κ3) is 10.4. The van der Waals surface area contributed by atoms with E-state index in [1.54, 1.807) is 0 Å². The fraction of sp³-hybridized carbons (Fsp3) is 0.731. The van der Waals surface area contributed by atoms with Crippen molar-refractivity contribution in [1.82, 2.24) is 4.48 Å². The molecule has 0 atom stereocenters. The molecule has 0 saturated carbocycles. The standard InChI is InChI=1S/C26H47N2/c1-5-8-9-10-11-12-13-14-15-16-17-18-23-27-24-25-19-21-26(22-20-25)28(4,6-2)7-3/h19-22,24H,5-18,23H2,1-4H3/q+1. The van der Waals surface area contributed by atoms with Crippen molar-refractivity contribution in [3.8, 4) is 0 Å². The predicted molar refractivity (Wildman–Crippen MR) is 129 cm³/mol. The summed E-state index contributed by atoms with van der Waals surface area (Å²) < 4.78 is 0.996. The number of rotatable bonds is 17. The van der Waals surface area contributed by atoms with Gasteiger partial charge in [-0.05, 0) is 50.1 Å². The van der Waals surface area contributed by atoms with Crippen molar-refractivity contribution in [3.05, 3.63) is 29.8 Å². The highest BCUT2D eigenvalue weighted by Gasteiger charge is 2.19. The van der Waals surface area contributed by atoms with Crippen molar-refractivity contribution >= 4 is 11.9 Å². The molecule has 2 nitrogen and oxygen atoms in total. The lowest BCUT2D eigenvalue weighted by Crippen LogP contribution is -2.44. The fourth-order valence-electron chi connectivity index (χ4n) is 3.72. The highest BCUT2D eigenvalue weighted by molar-refractivity contribution is 5.80. The van der Waals surface area contributed by atoms with E-state index in [1.165, 1.54) is 88.3 Å². The van der Waals surface area contributed by atoms with E-state index in [-0.39, 0.29) is 0 Å². The average Bonchev–Trinajstić information content (AvgIpc) is 2.74. The van der Waals surface area contributed by atoms with Gasteiger partial charge in [-0.25, -0.2) is 0 Å². The molecule has 1 aromatic rings. The molecule has 0 aliphatic carbocycles. The first-order chi connectivity index (χ1) is 13.7. The summed E-state index contributed by atoms with van der Waals surface area (Å²) >= 11 is 0. The fourth-order valence-corrected chi connectivity index (χ4v) is 3.72. The number of hydrogen-bond donors (Lipinski definition) is 0. The van der Waals surface area contributed by atoms with E-state index < -0.39 is 0 Å². The molecule has 0 heterocycles. The molecule has 0 saturated heterocycles. The van der Waals surface area contributed by atoms with E-state index in [2.05, 4.69) is 57.1 Å². The Kier molecular flexibility index (Phi) is 14.0. The molecule has 0 aliphatic rings. The maximum absolute atomic E-state index is 4.63. The van der Waals surface area contributed by atoms with Gasteiger partial charge < -0.3 is 0 Å². The summed E-state index contributed by atoms with van der Waals surface area (Å²) in [7, 11) is 2.30. The lowest BCUT2D eigenvalue weighted by Gasteiger charge is -2.31. The van der Waals surface area contributed by atoms with E-state index in [4.69, 9.17) is 0 Å². The number of aliphatic imine (C=N–C) groups is 1. The molecule has 28 heavy (non-hydrogen) atoms. The van der Waals surface area contributed by atoms with Gasteiger partial charge in [-0.3, -0.25) is 9.48 Å². The highest BCUT2D eigenvalue weighted by atomic mass is 15.3. The van der Waals surface area contributed by atoms with Crippen molar-refractivity contribution < 1.29 is 0 Å². The van der Waals surface area contributed by atoms with Crippen molar-refractivity contribution in [3.63, 3.8) is 0 Å². The first kappa shape index (κ1) is 24.9. The SMILES string of the molecule is CCCCCCCCCCCCCCN=Cc1ccc([N+](C)(CC)CC)cc1. The van der Waals surface area contributed by atoms with Crippen LogP contribution in [0.4, 0.5) is 5.69 Å². The second-order valence-corrected chi connectivity index (χ2v) is 8.54. The molecule has 0 aliphatic heterocycles. The topological polar surface area (TPSA) is 12.4 Å². The zero-order valence-electron chi connectivity index (χ0n) is 19.4. The summed E-state index contributed by atoms with van der Waals surface area (Å²) in [6.45, 7) is 10.0. The zero-order valence-corrected chi connectivity index (χ0v) is 19.4. The Hall–Kier alpha value is -1.15. The van der Waals surface area contributed by atoms with Crippen molar-refractivity contribution in [2.75, 3.05) is 26.7 Å². The van der Waals surface area contributed by atoms with Crippen LogP contribution >= 0.6 is 0 Å². The van der Waals surface area contributed by atoms with Crippen molar-refractivity contribution in [2.45, 2.75) is 97.8 Å². The van der Waals surface area contributed by atoms with E-state index in [0.717, 1.165) is 24.1 Å². The molecule has 0 bridgehead atoms. The number of quaternary nitrogens is 1. The summed E-state index contributed by atoms with van der Waals surface area (Å²) in [5.74, 6) is 0. The maximum Gasteiger partial charge on any atom is 0.132 e. The molecule has 0 amide bonds. The summed E-state index contributed by atoms with van der Waals surface area (Å²) in [4.78, 5) is 4.63. The Morgan fingerprint density at radius 1 is 0.679 bits per heavy atom. The Morgan fingerprint density at radius 3 is 1.61 bits per heavy atom. The summed E-state index contributed by atoms with van der Waals surface area (Å²) in [6, 6.07) is 8.95. The van der Waals surface area contributed by atoms with Gasteiger partial charge in [0.05, 0.1) is 20.1 Å². The van der Waals surface area contributed by atoms with Crippen LogP contribution in [0.15, 0.2) is 29.3 Å². The molecule has 0 spiro atoms. The molecule has 1 rings (SSSR count). The Bertz CT molecular complexity index is 500. The molecular weight excluding hydrogens is 340 g/mol. The number of benzene rings is 1. The van der Waals surface area contributed by atoms with Gasteiger partial charge in [0.25, 0.3) is 0 Å². The molecule has 0 unspecified atom stereocenters. The molecule has 160 valence electrons. The molecule has 1 aromatic carbocycles. The number of hydrogen-bond acceptors (Lipinski definition) is 1. The van der Waals surface area contributed by atoms with Crippen LogP contribution in [-0.4, -0.2) is 32.9 Å². The van der Waals surface area contributed by atoms with Crippen LogP contribution in [0, 0.1) is 0 Å². The molecule has 2 heteroatoms. The third-order valence-electron chi connectivity index (χ3n) is 6.29. The van der Waals surface area contributed by atoms with E-state index >= 15 is 0 Å². The average molecular weight is 388 g/mol. The first-order valence-corrected chi connectivity index (χ1v) is 12.1. The van der Waals surface area contributed by atoms with Crippen LogP contribution in [0.25, 0.3) is 0 Å². The van der Waals surface area contributed by atoms with E-state index in [1.807, 2.05) is 6.21 Å². The van der Waals surface area contributed by atoms with E-state index in [9.17, 15) is 0 Å². The van der Waals surface area contributed by atoms with Crippen LogP contribution in [0.3, 0.4) is 0 Å². The predicted octanol–water partition coefficient (Wildman–Crippen LogP) is 7.78. The highest BCUT2D eigenvalue weighted by Crippen LogP contribution is 2.20. The van der Waals surface area contributed by atoms with Gasteiger partial charge in [0.1, 0.15) is 5.69 Å². The van der Waals surface area contributed by atoms with Gasteiger partial charge in [0.2, 0.25) is 0 Å². The Balaban J connectivity index is 2.05. The minimum Gasteiger partial charge on any atom is -0.294 e. The van der Waals surface area contributed by atoms with Crippen molar-refractivity contribution in [1.29, 1.82) is 0 Å². The van der Waals surface area contributed by atoms with Gasteiger partial charge in [-0.1, -0.05) is 77.6 Å². The third-order valence-corrected chi connectivity index (χ3v) is 6.29. The normalized spacial score (nSPS) is 12.1. The quantitative estimate of drug-likeness (QED) is 0.147. The molecule has 0 radical (unpaired) electrons. The smallest absolute Gasteiger partial charge is 0.132 e. The van der Waals surface area contributed by atoms with Gasteiger partial charge in [0.15, 0.2) is 0 Å². The second kappa shape index (κ2) is 15.7. The zero-order chi connectivity index (χ0) is 20.5. The van der Waals surface area contributed by atoms with Gasteiger partial charge in [0, 0.05) is 12.8 Å². The van der Waals surface area contributed by atoms with Crippen molar-refractivity contribution in [2.24, 2.45) is 4.99 Å². The van der Waals surface area contributed by atoms with Gasteiger partial charge in [-0.2, -0.15) is 0 Å². The van der Waals surface area contributed by atoms with Crippen LogP contribution in [0.1, 0.15) is 103 Å². The Morgan fingerprint density at radius 2 is 1.14 bits per heavy atom. The lowest BCUT2D eigenvalue weighted by molar-refractivity contribution is 0.365. The van der Waals surface area contributed by atoms with Gasteiger partial charge >= 0.3 is 0 Å². The molecule has 0 N–H and O–H groups in total. The van der Waals surface area contributed by atoms with Crippen LogP contribution in [-0.2, 0) is 0 Å². The minimum atomic E-state index is 0.969. The lowest BCUT2D eigenvalue weighted by atomic mass is 10.1. The Labute approximate surface area is 176 Å². The van der Waals surface area contributed by atoms with Gasteiger partial charge in [-0.15, -0.1) is 0 Å². The van der Waals surface area contributed by atoms with E-state index in [0.29, 0.717) is 0 Å². The van der Waals surface area contributed by atoms with Crippen LogP contribution in [0.2, 0.25) is 0 Å². The molecular formula is C26H47N2+. The number of unbranched alkanes of at least 4 members (excludes halogenated alkanes) is 11. The molecule has 0 fully saturated rings. The summed E-state index contributed by atoms with van der Waals surface area (Å²) in [5.41, 5.74) is 2.62. The maximum atomic E-state index is 4.63. The van der Waals surface area contributed by atoms with Crippen LogP contribution < -0.4 is 4.48 Å². The van der Waals surface area contributed by atoms with Crippen LogP contribution in [0.5, 0.6) is 0 Å². The monoisotopic (exact) mass is 387 g/mol. The number of nitrogens with zero attached hydrogens (tertiary/aromatic N) is 2. The summed E-state index contributed by atoms with van der Waals surface area (Å²) in [5, 5.41) is 0. The first-order valence-electron chi connectivity index (χ1n) is 12.1. The summed E-state index contributed by atoms with van der Waals surface area (Å²) in [6.07, 6.45) is 18.8.